The van der Waals surface area contributed by atoms with E-state index in [1.165, 1.54) is 0 Å². The summed E-state index contributed by atoms with van der Waals surface area (Å²) in [7, 11) is 0. The first-order chi connectivity index (χ1) is 9.63. The summed E-state index contributed by atoms with van der Waals surface area (Å²) in [6, 6.07) is 11.3. The summed E-state index contributed by atoms with van der Waals surface area (Å²) in [5, 5.41) is 10.6. The first-order valence-electron chi connectivity index (χ1n) is 6.39. The molecule has 0 atom stereocenters. The van der Waals surface area contributed by atoms with Crippen LogP contribution >= 0.6 is 0 Å². The number of ether oxygens (including phenoxy) is 1. The monoisotopic (exact) mass is 271 g/mol. The maximum absolute atomic E-state index is 11.7. The third-order valence-electron chi connectivity index (χ3n) is 2.68. The summed E-state index contributed by atoms with van der Waals surface area (Å²) >= 11 is 0. The number of carbonyl (C=O) groups excluding carboxylic acids is 1. The normalized spacial score (nSPS) is 10.1. The lowest BCUT2D eigenvalue weighted by Gasteiger charge is -2.07. The number of nitrogens with zero attached hydrogens (tertiary/aromatic N) is 2. The number of aromatic nitrogens is 2. The Bertz CT molecular complexity index is 582. The van der Waals surface area contributed by atoms with E-state index in [0.717, 1.165) is 17.0 Å². The predicted octanol–water partition coefficient (Wildman–Crippen LogP) is 1.79. The molecule has 0 spiro atoms. The van der Waals surface area contributed by atoms with E-state index in [4.69, 9.17) is 4.74 Å². The molecule has 0 aliphatic heterocycles. The fraction of sp³-hybridized carbons (Fsp3) is 0.267. The second-order valence-corrected chi connectivity index (χ2v) is 4.55. The van der Waals surface area contributed by atoms with Crippen molar-refractivity contribution < 1.29 is 9.53 Å². The fourth-order valence-corrected chi connectivity index (χ4v) is 1.62. The Morgan fingerprint density at radius 1 is 1.20 bits per heavy atom. The van der Waals surface area contributed by atoms with Crippen LogP contribution in [0.3, 0.4) is 0 Å². The molecule has 0 bridgehead atoms. The van der Waals surface area contributed by atoms with Crippen LogP contribution in [0.1, 0.15) is 17.0 Å². The van der Waals surface area contributed by atoms with E-state index in [1.54, 1.807) is 0 Å². The highest BCUT2D eigenvalue weighted by atomic mass is 16.5. The van der Waals surface area contributed by atoms with Gasteiger partial charge in [-0.2, -0.15) is 10.2 Å². The smallest absolute Gasteiger partial charge is 0.258 e. The average Bonchev–Trinajstić information content (AvgIpc) is 2.45. The number of hydrogen-bond donors (Lipinski definition) is 1. The van der Waals surface area contributed by atoms with E-state index in [9.17, 15) is 4.79 Å². The Labute approximate surface area is 118 Å². The van der Waals surface area contributed by atoms with Gasteiger partial charge in [0.1, 0.15) is 5.75 Å². The van der Waals surface area contributed by atoms with Crippen LogP contribution in [-0.2, 0) is 11.3 Å². The highest BCUT2D eigenvalue weighted by molar-refractivity contribution is 5.77. The number of hydrogen-bond acceptors (Lipinski definition) is 4. The zero-order chi connectivity index (χ0) is 14.4. The number of carbonyl (C=O) groups is 1. The molecule has 5 nitrogen and oxygen atoms in total. The Morgan fingerprint density at radius 2 is 2.05 bits per heavy atom. The standard InChI is InChI=1S/C15H17N3O2/c1-11-4-3-5-14(8-11)20-10-15(19)16-9-13-7-6-12(2)17-18-13/h3-8H,9-10H2,1-2H3,(H,16,19). The molecule has 0 unspecified atom stereocenters. The number of benzene rings is 1. The molecule has 0 radical (unpaired) electrons. The third kappa shape index (κ3) is 4.35. The summed E-state index contributed by atoms with van der Waals surface area (Å²) in [5.74, 6) is 0.504. The maximum atomic E-state index is 11.7. The number of amides is 1. The van der Waals surface area contributed by atoms with Crippen LogP contribution in [0.2, 0.25) is 0 Å². The topological polar surface area (TPSA) is 64.1 Å². The highest BCUT2D eigenvalue weighted by Crippen LogP contribution is 2.11. The minimum Gasteiger partial charge on any atom is -0.484 e. The van der Waals surface area contributed by atoms with Crippen molar-refractivity contribution in [3.8, 4) is 5.75 Å². The minimum atomic E-state index is -0.186. The molecule has 1 aromatic carbocycles. The molecule has 0 saturated carbocycles. The van der Waals surface area contributed by atoms with Gasteiger partial charge in [-0.05, 0) is 43.7 Å². The molecule has 1 heterocycles. The van der Waals surface area contributed by atoms with Gasteiger partial charge in [0.15, 0.2) is 6.61 Å². The summed E-state index contributed by atoms with van der Waals surface area (Å²) in [4.78, 5) is 11.7. The van der Waals surface area contributed by atoms with Crippen molar-refractivity contribution in [2.75, 3.05) is 6.61 Å². The second-order valence-electron chi connectivity index (χ2n) is 4.55. The molecule has 2 rings (SSSR count). The van der Waals surface area contributed by atoms with Gasteiger partial charge in [-0.3, -0.25) is 4.79 Å². The number of rotatable bonds is 5. The van der Waals surface area contributed by atoms with Crippen molar-refractivity contribution in [3.05, 3.63) is 53.3 Å². The first kappa shape index (κ1) is 14.0. The molecule has 0 saturated heterocycles. The van der Waals surface area contributed by atoms with E-state index >= 15 is 0 Å². The molecule has 1 N–H and O–H groups in total. The summed E-state index contributed by atoms with van der Waals surface area (Å²) in [6.07, 6.45) is 0. The van der Waals surface area contributed by atoms with Gasteiger partial charge < -0.3 is 10.1 Å². The van der Waals surface area contributed by atoms with E-state index in [2.05, 4.69) is 15.5 Å². The van der Waals surface area contributed by atoms with Gasteiger partial charge >= 0.3 is 0 Å². The van der Waals surface area contributed by atoms with Crippen molar-refractivity contribution in [2.45, 2.75) is 20.4 Å². The van der Waals surface area contributed by atoms with E-state index in [0.29, 0.717) is 12.3 Å². The lowest BCUT2D eigenvalue weighted by atomic mass is 10.2. The lowest BCUT2D eigenvalue weighted by Crippen LogP contribution is -2.28. The molecule has 104 valence electrons. The molecular weight excluding hydrogens is 254 g/mol. The molecule has 0 aliphatic rings. The van der Waals surface area contributed by atoms with E-state index < -0.39 is 0 Å². The Hall–Kier alpha value is -2.43. The molecule has 0 fully saturated rings. The van der Waals surface area contributed by atoms with Gasteiger partial charge in [-0.15, -0.1) is 0 Å². The van der Waals surface area contributed by atoms with Crippen LogP contribution < -0.4 is 10.1 Å². The zero-order valence-corrected chi connectivity index (χ0v) is 11.6. The van der Waals surface area contributed by atoms with Crippen molar-refractivity contribution >= 4 is 5.91 Å². The van der Waals surface area contributed by atoms with Crippen molar-refractivity contribution in [1.29, 1.82) is 0 Å². The van der Waals surface area contributed by atoms with Gasteiger partial charge in [-0.25, -0.2) is 0 Å². The van der Waals surface area contributed by atoms with Crippen LogP contribution in [0.25, 0.3) is 0 Å². The molecule has 2 aromatic rings. The Kier molecular flexibility index (Phi) is 4.65. The quantitative estimate of drug-likeness (QED) is 0.900. The lowest BCUT2D eigenvalue weighted by molar-refractivity contribution is -0.123. The number of nitrogens with one attached hydrogen (secondary N) is 1. The summed E-state index contributed by atoms with van der Waals surface area (Å²) in [5.41, 5.74) is 2.67. The van der Waals surface area contributed by atoms with Crippen molar-refractivity contribution in [1.82, 2.24) is 15.5 Å². The first-order valence-corrected chi connectivity index (χ1v) is 6.39. The Morgan fingerprint density at radius 3 is 2.75 bits per heavy atom. The molecule has 1 aromatic heterocycles. The SMILES string of the molecule is Cc1cccc(OCC(=O)NCc2ccc(C)nn2)c1. The van der Waals surface area contributed by atoms with Gasteiger partial charge in [0.2, 0.25) is 0 Å². The van der Waals surface area contributed by atoms with Crippen molar-refractivity contribution in [2.24, 2.45) is 0 Å². The van der Waals surface area contributed by atoms with Gasteiger partial charge in [0.05, 0.1) is 17.9 Å². The Balaban J connectivity index is 1.77. The molecule has 1 amide bonds. The van der Waals surface area contributed by atoms with Gasteiger partial charge in [-0.1, -0.05) is 12.1 Å². The van der Waals surface area contributed by atoms with Crippen molar-refractivity contribution in [3.63, 3.8) is 0 Å². The molecule has 0 aliphatic carbocycles. The third-order valence-corrected chi connectivity index (χ3v) is 2.68. The van der Waals surface area contributed by atoms with Crippen LogP contribution in [0.15, 0.2) is 36.4 Å². The number of aryl methyl sites for hydroxylation is 2. The van der Waals surface area contributed by atoms with Crippen LogP contribution in [0.5, 0.6) is 5.75 Å². The average molecular weight is 271 g/mol. The van der Waals surface area contributed by atoms with Crippen LogP contribution in [-0.4, -0.2) is 22.7 Å². The van der Waals surface area contributed by atoms with Gasteiger partial charge in [0, 0.05) is 0 Å². The summed E-state index contributed by atoms with van der Waals surface area (Å²) < 4.78 is 5.41. The zero-order valence-electron chi connectivity index (χ0n) is 11.6. The van der Waals surface area contributed by atoms with Gasteiger partial charge in [0.25, 0.3) is 5.91 Å². The molecular formula is C15H17N3O2. The predicted molar refractivity (Wildman–Crippen MR) is 75.3 cm³/mol. The minimum absolute atomic E-state index is 0.0112. The van der Waals surface area contributed by atoms with Crippen LogP contribution in [0.4, 0.5) is 0 Å². The summed E-state index contributed by atoms with van der Waals surface area (Å²) in [6.45, 7) is 4.18. The van der Waals surface area contributed by atoms with Crippen LogP contribution in [0, 0.1) is 13.8 Å². The molecule has 5 heteroatoms. The largest absolute Gasteiger partial charge is 0.484 e. The van der Waals surface area contributed by atoms with E-state index in [1.807, 2.05) is 50.2 Å². The molecule has 20 heavy (non-hydrogen) atoms. The highest BCUT2D eigenvalue weighted by Gasteiger charge is 2.04. The maximum Gasteiger partial charge on any atom is 0.258 e. The van der Waals surface area contributed by atoms with E-state index in [-0.39, 0.29) is 12.5 Å². The second kappa shape index (κ2) is 6.65. The fourth-order valence-electron chi connectivity index (χ4n) is 1.62.